The lowest BCUT2D eigenvalue weighted by atomic mass is 9.93. The zero-order valence-electron chi connectivity index (χ0n) is 13.2. The van der Waals surface area contributed by atoms with Gasteiger partial charge in [0, 0.05) is 17.8 Å². The number of hydrogen-bond acceptors (Lipinski definition) is 6. The minimum absolute atomic E-state index is 0.0136. The van der Waals surface area contributed by atoms with Crippen LogP contribution in [0.3, 0.4) is 0 Å². The number of nitrogens with zero attached hydrogens (tertiary/aromatic N) is 1. The molecule has 3 N–H and O–H groups in total. The molecule has 0 saturated carbocycles. The number of anilines is 1. The molecule has 2 amide bonds. The normalized spacial score (nSPS) is 16.8. The highest BCUT2D eigenvalue weighted by molar-refractivity contribution is 7.16. The van der Waals surface area contributed by atoms with Gasteiger partial charge in [-0.05, 0) is 26.3 Å². The van der Waals surface area contributed by atoms with Crippen LogP contribution in [0.1, 0.15) is 36.8 Å². The third kappa shape index (κ3) is 4.07. The highest BCUT2D eigenvalue weighted by Gasteiger charge is 2.32. The van der Waals surface area contributed by atoms with E-state index in [-0.39, 0.29) is 12.1 Å². The number of carbonyl (C=O) groups is 2. The summed E-state index contributed by atoms with van der Waals surface area (Å²) in [4.78, 5) is 24.4. The molecule has 0 bridgehead atoms. The number of hydrogen-bond donors (Lipinski definition) is 3. The van der Waals surface area contributed by atoms with Crippen LogP contribution in [0, 0.1) is 11.3 Å². The molecule has 124 valence electrons. The molecule has 0 aromatic carbocycles. The Balaban J connectivity index is 2.15. The van der Waals surface area contributed by atoms with Crippen molar-refractivity contribution in [3.05, 3.63) is 16.0 Å². The second-order valence-corrected chi connectivity index (χ2v) is 7.16. The highest BCUT2D eigenvalue weighted by atomic mass is 32.1. The summed E-state index contributed by atoms with van der Waals surface area (Å²) in [6.45, 7) is 5.75. The van der Waals surface area contributed by atoms with Gasteiger partial charge >= 0.3 is 11.8 Å². The number of carbonyl (C=O) groups excluding carboxylic acids is 2. The Morgan fingerprint density at radius 3 is 2.78 bits per heavy atom. The van der Waals surface area contributed by atoms with Crippen LogP contribution < -0.4 is 10.6 Å². The number of nitrogens with one attached hydrogen (secondary N) is 2. The van der Waals surface area contributed by atoms with E-state index in [1.54, 1.807) is 0 Å². The van der Waals surface area contributed by atoms with Gasteiger partial charge in [-0.2, -0.15) is 5.26 Å². The van der Waals surface area contributed by atoms with Crippen molar-refractivity contribution in [1.82, 2.24) is 5.32 Å². The van der Waals surface area contributed by atoms with Gasteiger partial charge in [-0.25, -0.2) is 0 Å². The maximum Gasteiger partial charge on any atom is 0.314 e. The smallest absolute Gasteiger partial charge is 0.314 e. The zero-order valence-corrected chi connectivity index (χ0v) is 14.0. The summed E-state index contributed by atoms with van der Waals surface area (Å²) in [7, 11) is 0. The summed E-state index contributed by atoms with van der Waals surface area (Å²) in [5.74, 6) is -1.71. The van der Waals surface area contributed by atoms with Crippen LogP contribution in [0.15, 0.2) is 0 Å². The van der Waals surface area contributed by atoms with Crippen LogP contribution in [0.5, 0.6) is 0 Å². The molecule has 7 nitrogen and oxygen atoms in total. The minimum Gasteiger partial charge on any atom is -0.392 e. The first kappa shape index (κ1) is 17.4. The third-order valence-electron chi connectivity index (χ3n) is 3.39. The van der Waals surface area contributed by atoms with Gasteiger partial charge in [-0.1, -0.05) is 0 Å². The van der Waals surface area contributed by atoms with Gasteiger partial charge in [-0.3, -0.25) is 9.59 Å². The maximum absolute atomic E-state index is 11.9. The van der Waals surface area contributed by atoms with Crippen molar-refractivity contribution in [3.63, 3.8) is 0 Å². The summed E-state index contributed by atoms with van der Waals surface area (Å²) < 4.78 is 5.70. The molecule has 1 aromatic heterocycles. The summed E-state index contributed by atoms with van der Waals surface area (Å²) in [6.07, 6.45) is -0.166. The van der Waals surface area contributed by atoms with E-state index < -0.39 is 17.9 Å². The predicted octanol–water partition coefficient (Wildman–Crippen LogP) is 0.907. The van der Waals surface area contributed by atoms with Gasteiger partial charge in [0.1, 0.15) is 11.1 Å². The number of ether oxygens (including phenoxy) is 1. The maximum atomic E-state index is 11.9. The van der Waals surface area contributed by atoms with Gasteiger partial charge in [0.25, 0.3) is 0 Å². The molecule has 2 heterocycles. The fourth-order valence-corrected chi connectivity index (χ4v) is 3.32. The molecule has 23 heavy (non-hydrogen) atoms. The first-order valence-electron chi connectivity index (χ1n) is 7.19. The fraction of sp³-hybridized carbons (Fsp3) is 0.533. The lowest BCUT2D eigenvalue weighted by Crippen LogP contribution is -2.38. The zero-order chi connectivity index (χ0) is 17.2. The van der Waals surface area contributed by atoms with Crippen molar-refractivity contribution in [2.75, 3.05) is 11.9 Å². The monoisotopic (exact) mass is 337 g/mol. The minimum atomic E-state index is -0.860. The molecule has 0 fully saturated rings. The lowest BCUT2D eigenvalue weighted by molar-refractivity contribution is -0.136. The van der Waals surface area contributed by atoms with Crippen LogP contribution >= 0.6 is 11.3 Å². The largest absolute Gasteiger partial charge is 0.392 e. The number of amides is 2. The third-order valence-corrected chi connectivity index (χ3v) is 4.51. The van der Waals surface area contributed by atoms with Gasteiger partial charge in [0.05, 0.1) is 23.9 Å². The lowest BCUT2D eigenvalue weighted by Gasteiger charge is -2.29. The average molecular weight is 337 g/mol. The molecular formula is C15H19N3O4S. The second kappa shape index (κ2) is 6.66. The van der Waals surface area contributed by atoms with Crippen LogP contribution in [-0.4, -0.2) is 35.2 Å². The standard InChI is InChI=1S/C15H19N3O4S/c1-8(19)6-17-12(20)13(21)18-14-10(5-16)9-4-15(2,3)22-7-11(9)23-14/h8,19H,4,6-7H2,1-3H3,(H,17,20)(H,18,21)/t8-/m0/s1. The fourth-order valence-electron chi connectivity index (χ4n) is 2.24. The molecule has 0 aliphatic carbocycles. The Labute approximate surface area is 138 Å². The predicted molar refractivity (Wildman–Crippen MR) is 84.9 cm³/mol. The van der Waals surface area contributed by atoms with E-state index in [1.165, 1.54) is 18.3 Å². The van der Waals surface area contributed by atoms with Gasteiger partial charge in [0.2, 0.25) is 0 Å². The van der Waals surface area contributed by atoms with E-state index in [0.717, 1.165) is 10.4 Å². The molecule has 0 spiro atoms. The number of aliphatic hydroxyl groups is 1. The molecule has 1 atom stereocenters. The number of nitriles is 1. The van der Waals surface area contributed by atoms with Crippen LogP contribution in [-0.2, 0) is 27.4 Å². The SMILES string of the molecule is C[C@H](O)CNC(=O)C(=O)Nc1sc2c(c1C#N)CC(C)(C)OC2. The highest BCUT2D eigenvalue weighted by Crippen LogP contribution is 2.39. The molecule has 1 aliphatic rings. The van der Waals surface area contributed by atoms with Crippen molar-refractivity contribution in [2.24, 2.45) is 0 Å². The molecular weight excluding hydrogens is 318 g/mol. The number of fused-ring (bicyclic) bond motifs is 1. The molecule has 0 radical (unpaired) electrons. The molecule has 0 unspecified atom stereocenters. The van der Waals surface area contributed by atoms with Crippen molar-refractivity contribution in [2.45, 2.75) is 45.5 Å². The van der Waals surface area contributed by atoms with Crippen molar-refractivity contribution < 1.29 is 19.4 Å². The summed E-state index contributed by atoms with van der Waals surface area (Å²) in [5.41, 5.74) is 0.891. The van der Waals surface area contributed by atoms with Crippen molar-refractivity contribution in [1.29, 1.82) is 5.26 Å². The van der Waals surface area contributed by atoms with Crippen LogP contribution in [0.4, 0.5) is 5.00 Å². The summed E-state index contributed by atoms with van der Waals surface area (Å²) in [6, 6.07) is 2.10. The Morgan fingerprint density at radius 2 is 2.17 bits per heavy atom. The van der Waals surface area contributed by atoms with Crippen molar-refractivity contribution >= 4 is 28.2 Å². The molecule has 1 aliphatic heterocycles. The molecule has 0 saturated heterocycles. The van der Waals surface area contributed by atoms with Crippen LogP contribution in [0.25, 0.3) is 0 Å². The van der Waals surface area contributed by atoms with Crippen LogP contribution in [0.2, 0.25) is 0 Å². The summed E-state index contributed by atoms with van der Waals surface area (Å²) in [5, 5.41) is 23.7. The van der Waals surface area contributed by atoms with E-state index in [1.807, 2.05) is 13.8 Å². The Kier molecular flexibility index (Phi) is 5.04. The second-order valence-electron chi connectivity index (χ2n) is 6.06. The van der Waals surface area contributed by atoms with E-state index in [4.69, 9.17) is 9.84 Å². The molecule has 8 heteroatoms. The van der Waals surface area contributed by atoms with E-state index >= 15 is 0 Å². The van der Waals surface area contributed by atoms with E-state index in [0.29, 0.717) is 23.6 Å². The Bertz CT molecular complexity index is 673. The Morgan fingerprint density at radius 1 is 1.48 bits per heavy atom. The average Bonchev–Trinajstić information content (AvgIpc) is 2.79. The topological polar surface area (TPSA) is 111 Å². The van der Waals surface area contributed by atoms with Gasteiger partial charge < -0.3 is 20.5 Å². The number of rotatable bonds is 3. The van der Waals surface area contributed by atoms with E-state index in [9.17, 15) is 14.9 Å². The quantitative estimate of drug-likeness (QED) is 0.710. The van der Waals surface area contributed by atoms with Gasteiger partial charge in [0.15, 0.2) is 0 Å². The number of aliphatic hydroxyl groups excluding tert-OH is 1. The first-order chi connectivity index (χ1) is 10.7. The summed E-state index contributed by atoms with van der Waals surface area (Å²) >= 11 is 1.25. The van der Waals surface area contributed by atoms with Crippen molar-refractivity contribution in [3.8, 4) is 6.07 Å². The first-order valence-corrected chi connectivity index (χ1v) is 8.01. The Hall–Kier alpha value is -1.95. The molecule has 1 aromatic rings. The number of thiophene rings is 1. The van der Waals surface area contributed by atoms with E-state index in [2.05, 4.69) is 16.7 Å². The molecule has 2 rings (SSSR count). The van der Waals surface area contributed by atoms with Gasteiger partial charge in [-0.15, -0.1) is 11.3 Å².